The molecule has 0 aliphatic carbocycles. The van der Waals surface area contributed by atoms with Crippen molar-refractivity contribution in [2.45, 2.75) is 20.4 Å². The number of aryl methyl sites for hydroxylation is 2. The zero-order chi connectivity index (χ0) is 15.0. The summed E-state index contributed by atoms with van der Waals surface area (Å²) in [5.41, 5.74) is 2.38. The van der Waals surface area contributed by atoms with Crippen molar-refractivity contribution in [2.24, 2.45) is 0 Å². The van der Waals surface area contributed by atoms with Crippen LogP contribution in [0.2, 0.25) is 0 Å². The summed E-state index contributed by atoms with van der Waals surface area (Å²) in [7, 11) is 0. The second-order valence-corrected chi connectivity index (χ2v) is 6.21. The minimum Gasteiger partial charge on any atom is -0.510 e. The third-order valence-electron chi connectivity index (χ3n) is 3.50. The van der Waals surface area contributed by atoms with Crippen LogP contribution in [0.25, 0.3) is 5.57 Å². The summed E-state index contributed by atoms with van der Waals surface area (Å²) in [4.78, 5) is 11.6. The van der Waals surface area contributed by atoms with Crippen molar-refractivity contribution < 1.29 is 5.11 Å². The standard InChI is InChI=1S/C15H16N4OS/c1-9-10(2)21-15(18-9)13-12(20)8-19(14(13)16)7-11-5-3-4-6-17-11/h3-6,16,20H,7-8H2,1-2H3. The van der Waals surface area contributed by atoms with Gasteiger partial charge in [0.15, 0.2) is 0 Å². The third kappa shape index (κ3) is 2.54. The van der Waals surface area contributed by atoms with E-state index in [4.69, 9.17) is 5.41 Å². The highest BCUT2D eigenvalue weighted by molar-refractivity contribution is 7.13. The Labute approximate surface area is 127 Å². The van der Waals surface area contributed by atoms with Crippen molar-refractivity contribution in [1.82, 2.24) is 14.9 Å². The molecule has 1 aliphatic rings. The highest BCUT2D eigenvalue weighted by Gasteiger charge is 2.30. The Bertz CT molecular complexity index is 701. The molecular formula is C15H16N4OS. The second-order valence-electron chi connectivity index (χ2n) is 5.01. The van der Waals surface area contributed by atoms with Crippen LogP contribution in [0.15, 0.2) is 30.2 Å². The third-order valence-corrected chi connectivity index (χ3v) is 4.59. The first-order chi connectivity index (χ1) is 10.1. The van der Waals surface area contributed by atoms with Gasteiger partial charge in [-0.2, -0.15) is 0 Å². The number of nitrogens with zero attached hydrogens (tertiary/aromatic N) is 3. The molecule has 3 rings (SSSR count). The average molecular weight is 300 g/mol. The fourth-order valence-corrected chi connectivity index (χ4v) is 3.24. The lowest BCUT2D eigenvalue weighted by Gasteiger charge is -2.17. The monoisotopic (exact) mass is 300 g/mol. The van der Waals surface area contributed by atoms with E-state index in [0.29, 0.717) is 24.5 Å². The molecule has 0 bridgehead atoms. The zero-order valence-electron chi connectivity index (χ0n) is 11.9. The van der Waals surface area contributed by atoms with Crippen LogP contribution in [0, 0.1) is 19.3 Å². The highest BCUT2D eigenvalue weighted by atomic mass is 32.1. The summed E-state index contributed by atoms with van der Waals surface area (Å²) in [6.45, 7) is 4.79. The summed E-state index contributed by atoms with van der Waals surface area (Å²) in [5, 5.41) is 19.2. The first-order valence-electron chi connectivity index (χ1n) is 6.66. The molecule has 0 atom stereocenters. The van der Waals surface area contributed by atoms with E-state index in [-0.39, 0.29) is 5.76 Å². The lowest BCUT2D eigenvalue weighted by molar-refractivity contribution is 0.345. The van der Waals surface area contributed by atoms with Crippen molar-refractivity contribution >= 4 is 22.7 Å². The normalized spacial score (nSPS) is 15.1. The first kappa shape index (κ1) is 13.8. The second kappa shape index (κ2) is 5.29. The van der Waals surface area contributed by atoms with Crippen molar-refractivity contribution in [3.63, 3.8) is 0 Å². The molecule has 0 aromatic carbocycles. The van der Waals surface area contributed by atoms with E-state index in [2.05, 4.69) is 9.97 Å². The molecule has 0 amide bonds. The SMILES string of the molecule is Cc1nc(C2=C(O)CN(Cc3ccccn3)C2=N)sc1C. The summed E-state index contributed by atoms with van der Waals surface area (Å²) >= 11 is 1.52. The van der Waals surface area contributed by atoms with E-state index in [1.54, 1.807) is 11.1 Å². The molecule has 6 heteroatoms. The van der Waals surface area contributed by atoms with Gasteiger partial charge in [-0.3, -0.25) is 10.4 Å². The topological polar surface area (TPSA) is 73.1 Å². The number of thiazole rings is 1. The molecule has 0 radical (unpaired) electrons. The van der Waals surface area contributed by atoms with Gasteiger partial charge in [-0.25, -0.2) is 4.98 Å². The van der Waals surface area contributed by atoms with Crippen molar-refractivity contribution in [3.05, 3.63) is 51.4 Å². The lowest BCUT2D eigenvalue weighted by Crippen LogP contribution is -2.26. The fourth-order valence-electron chi connectivity index (χ4n) is 2.26. The van der Waals surface area contributed by atoms with E-state index in [9.17, 15) is 5.11 Å². The van der Waals surface area contributed by atoms with Crippen molar-refractivity contribution in [1.29, 1.82) is 5.41 Å². The van der Waals surface area contributed by atoms with Gasteiger partial charge in [-0.05, 0) is 26.0 Å². The van der Waals surface area contributed by atoms with Crippen LogP contribution in [-0.2, 0) is 6.54 Å². The molecule has 2 aromatic rings. The molecule has 0 spiro atoms. The summed E-state index contributed by atoms with van der Waals surface area (Å²) in [6.07, 6.45) is 1.73. The molecule has 108 valence electrons. The first-order valence-corrected chi connectivity index (χ1v) is 7.48. The number of amidine groups is 1. The molecular weight excluding hydrogens is 284 g/mol. The molecule has 0 fully saturated rings. The minimum atomic E-state index is 0.213. The van der Waals surface area contributed by atoms with Crippen molar-refractivity contribution in [2.75, 3.05) is 6.54 Å². The minimum absolute atomic E-state index is 0.213. The van der Waals surface area contributed by atoms with Gasteiger partial charge in [0.1, 0.15) is 16.6 Å². The van der Waals surface area contributed by atoms with Gasteiger partial charge in [0, 0.05) is 11.1 Å². The highest BCUT2D eigenvalue weighted by Crippen LogP contribution is 2.31. The fraction of sp³-hybridized carbons (Fsp3) is 0.267. The predicted octanol–water partition coefficient (Wildman–Crippen LogP) is 2.92. The number of nitrogens with one attached hydrogen (secondary N) is 1. The molecule has 0 saturated heterocycles. The number of hydrogen-bond donors (Lipinski definition) is 2. The Morgan fingerprint density at radius 1 is 1.38 bits per heavy atom. The summed E-state index contributed by atoms with van der Waals surface area (Å²) in [6, 6.07) is 5.70. The number of aliphatic hydroxyl groups excluding tert-OH is 1. The Morgan fingerprint density at radius 3 is 2.81 bits per heavy atom. The quantitative estimate of drug-likeness (QED) is 0.914. The maximum Gasteiger partial charge on any atom is 0.135 e. The number of rotatable bonds is 3. The van der Waals surface area contributed by atoms with Crippen LogP contribution in [0.1, 0.15) is 21.3 Å². The van der Waals surface area contributed by atoms with E-state index in [0.717, 1.165) is 21.3 Å². The maximum absolute atomic E-state index is 10.2. The smallest absolute Gasteiger partial charge is 0.135 e. The number of pyridine rings is 1. The molecule has 0 unspecified atom stereocenters. The molecule has 3 heterocycles. The van der Waals surface area contributed by atoms with Crippen LogP contribution in [-0.4, -0.2) is 32.4 Å². The van der Waals surface area contributed by atoms with E-state index < -0.39 is 0 Å². The van der Waals surface area contributed by atoms with Crippen LogP contribution >= 0.6 is 11.3 Å². The largest absolute Gasteiger partial charge is 0.510 e. The van der Waals surface area contributed by atoms with Gasteiger partial charge < -0.3 is 10.0 Å². The Hall–Kier alpha value is -2.21. The molecule has 21 heavy (non-hydrogen) atoms. The Balaban J connectivity index is 1.84. The Morgan fingerprint density at radius 2 is 2.19 bits per heavy atom. The number of hydrogen-bond acceptors (Lipinski definition) is 5. The van der Waals surface area contributed by atoms with E-state index >= 15 is 0 Å². The van der Waals surface area contributed by atoms with Gasteiger partial charge in [-0.15, -0.1) is 11.3 Å². The molecule has 2 aromatic heterocycles. The van der Waals surface area contributed by atoms with E-state index in [1.807, 2.05) is 32.0 Å². The van der Waals surface area contributed by atoms with Crippen LogP contribution in [0.3, 0.4) is 0 Å². The van der Waals surface area contributed by atoms with Gasteiger partial charge in [-0.1, -0.05) is 6.07 Å². The molecule has 0 saturated carbocycles. The Kier molecular flexibility index (Phi) is 3.47. The number of aromatic nitrogens is 2. The predicted molar refractivity (Wildman–Crippen MR) is 83.5 cm³/mol. The van der Waals surface area contributed by atoms with Gasteiger partial charge in [0.2, 0.25) is 0 Å². The zero-order valence-corrected chi connectivity index (χ0v) is 12.7. The maximum atomic E-state index is 10.2. The average Bonchev–Trinajstić information content (AvgIpc) is 2.92. The van der Waals surface area contributed by atoms with Crippen molar-refractivity contribution in [3.8, 4) is 0 Å². The van der Waals surface area contributed by atoms with Gasteiger partial charge in [0.25, 0.3) is 0 Å². The molecule has 5 nitrogen and oxygen atoms in total. The van der Waals surface area contributed by atoms with E-state index in [1.165, 1.54) is 11.3 Å². The van der Waals surface area contributed by atoms with Crippen LogP contribution in [0.4, 0.5) is 0 Å². The van der Waals surface area contributed by atoms with Gasteiger partial charge >= 0.3 is 0 Å². The lowest BCUT2D eigenvalue weighted by atomic mass is 10.2. The molecule has 1 aliphatic heterocycles. The van der Waals surface area contributed by atoms with Gasteiger partial charge in [0.05, 0.1) is 30.1 Å². The summed E-state index contributed by atoms with van der Waals surface area (Å²) in [5.74, 6) is 0.525. The number of aliphatic hydroxyl groups is 1. The van der Waals surface area contributed by atoms with Crippen LogP contribution < -0.4 is 0 Å². The van der Waals surface area contributed by atoms with Crippen LogP contribution in [0.5, 0.6) is 0 Å². The molecule has 2 N–H and O–H groups in total. The summed E-state index contributed by atoms with van der Waals surface area (Å²) < 4.78 is 0.